The molecule has 0 unspecified atom stereocenters. The summed E-state index contributed by atoms with van der Waals surface area (Å²) in [6, 6.07) is 3.40. The van der Waals surface area contributed by atoms with Gasteiger partial charge >= 0.3 is 10.2 Å². The molecule has 0 fully saturated rings. The zero-order valence-corrected chi connectivity index (χ0v) is 16.3. The van der Waals surface area contributed by atoms with Crippen molar-refractivity contribution in [3.63, 3.8) is 0 Å². The summed E-state index contributed by atoms with van der Waals surface area (Å²) in [4.78, 5) is 12.0. The van der Waals surface area contributed by atoms with Crippen molar-refractivity contribution < 1.29 is 23.8 Å². The van der Waals surface area contributed by atoms with Crippen LogP contribution in [0.1, 0.15) is 11.3 Å². The summed E-state index contributed by atoms with van der Waals surface area (Å²) in [5.41, 5.74) is 0.776. The maximum atomic E-state index is 13.1. The highest BCUT2D eigenvalue weighted by Gasteiger charge is 2.65. The van der Waals surface area contributed by atoms with E-state index < -0.39 is 15.1 Å². The number of oxazole rings is 1. The van der Waals surface area contributed by atoms with Crippen LogP contribution in [0.3, 0.4) is 0 Å². The highest BCUT2D eigenvalue weighted by atomic mass is 32.5. The third kappa shape index (κ3) is 4.55. The summed E-state index contributed by atoms with van der Waals surface area (Å²) >= 11 is 1.29. The van der Waals surface area contributed by atoms with Gasteiger partial charge in [-0.3, -0.25) is 0 Å². The van der Waals surface area contributed by atoms with Crippen LogP contribution in [0.15, 0.2) is 57.6 Å². The fraction of sp³-hybridized carbons (Fsp3) is 0.188. The molecule has 0 aliphatic carbocycles. The predicted octanol–water partition coefficient (Wildman–Crippen LogP) is 6.49. The minimum Gasteiger partial charge on any atom is -0.451 e. The van der Waals surface area contributed by atoms with Crippen LogP contribution in [0.25, 0.3) is 0 Å². The third-order valence-electron chi connectivity index (χ3n) is 3.79. The molecule has 0 bridgehead atoms. The molecule has 2 aromatic heterocycles. The van der Waals surface area contributed by atoms with Crippen LogP contribution in [0.5, 0.6) is 0 Å². The first-order valence-corrected chi connectivity index (χ1v) is 10.9. The van der Waals surface area contributed by atoms with E-state index in [2.05, 4.69) is 15.0 Å². The number of benzene rings is 1. The largest absolute Gasteiger partial charge is 0.451 e. The van der Waals surface area contributed by atoms with Gasteiger partial charge in [-0.25, -0.2) is 15.0 Å². The first-order valence-electron chi connectivity index (χ1n) is 7.74. The Morgan fingerprint density at radius 3 is 2.43 bits per heavy atom. The van der Waals surface area contributed by atoms with E-state index in [-0.39, 0.29) is 17.8 Å². The van der Waals surface area contributed by atoms with Crippen molar-refractivity contribution in [3.8, 4) is 0 Å². The number of rotatable bonds is 6. The topological polar surface area (TPSA) is 55.1 Å². The smallest absolute Gasteiger partial charge is 0.310 e. The molecule has 3 rings (SSSR count). The lowest BCUT2D eigenvalue weighted by molar-refractivity contribution is 0.364. The van der Waals surface area contributed by atoms with E-state index >= 15 is 0 Å². The fourth-order valence-corrected chi connectivity index (χ4v) is 3.59. The van der Waals surface area contributed by atoms with Crippen molar-refractivity contribution in [1.82, 2.24) is 15.0 Å². The van der Waals surface area contributed by atoms with E-state index in [4.69, 9.17) is 4.42 Å². The van der Waals surface area contributed by atoms with Gasteiger partial charge in [0.15, 0.2) is 11.6 Å². The average molecular weight is 438 g/mol. The summed E-state index contributed by atoms with van der Waals surface area (Å²) in [5.74, 6) is 0.380. The Balaban J connectivity index is 2.10. The van der Waals surface area contributed by atoms with E-state index in [1.54, 1.807) is 17.2 Å². The van der Waals surface area contributed by atoms with Crippen LogP contribution in [-0.4, -0.2) is 21.2 Å². The van der Waals surface area contributed by atoms with Gasteiger partial charge in [-0.2, -0.15) is 0 Å². The molecule has 0 aliphatic heterocycles. The second kappa shape index (κ2) is 6.34. The fourth-order valence-electron chi connectivity index (χ4n) is 2.52. The van der Waals surface area contributed by atoms with E-state index in [0.717, 1.165) is 6.07 Å². The minimum atomic E-state index is -9.77. The van der Waals surface area contributed by atoms with E-state index in [0.29, 0.717) is 28.8 Å². The molecule has 2 heterocycles. The van der Waals surface area contributed by atoms with Crippen molar-refractivity contribution in [2.75, 3.05) is 11.2 Å². The SMILES string of the molecule is CSc1nccc(N(Cc2cocn2)c2ccc(S(F)(F)(F)(F)F)cc2C)n1. The molecule has 0 spiro atoms. The molecule has 0 aliphatic rings. The standard InChI is InChI=1S/C16H15F5N4OS2/c1-11-7-13(28(17,18,19,20)21)3-4-14(11)25(8-12-9-26-10-23-12)15-5-6-22-16(24-15)27-2/h3-7,9-10H,8H2,1-2H3. The second-order valence-corrected chi connectivity index (χ2v) is 9.07. The van der Waals surface area contributed by atoms with E-state index in [1.165, 1.54) is 37.5 Å². The number of nitrogens with zero attached hydrogens (tertiary/aromatic N) is 4. The summed E-state index contributed by atoms with van der Waals surface area (Å²) in [7, 11) is -9.77. The van der Waals surface area contributed by atoms with Gasteiger partial charge in [0.05, 0.1) is 12.2 Å². The van der Waals surface area contributed by atoms with Crippen LogP contribution in [0.4, 0.5) is 30.9 Å². The number of hydrogen-bond acceptors (Lipinski definition) is 6. The van der Waals surface area contributed by atoms with Gasteiger partial charge in [0.1, 0.15) is 17.0 Å². The lowest BCUT2D eigenvalue weighted by atomic mass is 10.1. The third-order valence-corrected chi connectivity index (χ3v) is 5.49. The molecule has 0 amide bonds. The summed E-state index contributed by atoms with van der Waals surface area (Å²) in [6.45, 7) is 1.44. The molecule has 152 valence electrons. The molecule has 5 nitrogen and oxygen atoms in total. The van der Waals surface area contributed by atoms with Gasteiger partial charge in [0.25, 0.3) is 0 Å². The molecular weight excluding hydrogens is 423 g/mol. The number of aromatic nitrogens is 3. The van der Waals surface area contributed by atoms with Gasteiger partial charge in [-0.15, -0.1) is 0 Å². The van der Waals surface area contributed by atoms with Crippen molar-refractivity contribution in [2.45, 2.75) is 23.5 Å². The van der Waals surface area contributed by atoms with Crippen molar-refractivity contribution in [1.29, 1.82) is 0 Å². The summed E-state index contributed by atoms with van der Waals surface area (Å²) in [5, 5.41) is 0.448. The molecule has 0 atom stereocenters. The number of aryl methyl sites for hydroxylation is 1. The minimum absolute atomic E-state index is 0.0126. The van der Waals surface area contributed by atoms with Crippen LogP contribution in [0.2, 0.25) is 0 Å². The molecule has 0 radical (unpaired) electrons. The Kier molecular flexibility index (Phi) is 4.62. The van der Waals surface area contributed by atoms with Crippen LogP contribution in [-0.2, 0) is 6.54 Å². The zero-order chi connectivity index (χ0) is 20.6. The quantitative estimate of drug-likeness (QED) is 0.249. The lowest BCUT2D eigenvalue weighted by Crippen LogP contribution is -2.20. The number of hydrogen-bond donors (Lipinski definition) is 0. The van der Waals surface area contributed by atoms with Crippen LogP contribution in [0, 0.1) is 6.92 Å². The number of anilines is 2. The maximum absolute atomic E-state index is 13.1. The highest BCUT2D eigenvalue weighted by molar-refractivity contribution is 8.45. The normalized spacial score (nSPS) is 14.4. The van der Waals surface area contributed by atoms with Gasteiger partial charge in [-0.1, -0.05) is 31.2 Å². The second-order valence-electron chi connectivity index (χ2n) is 5.88. The molecule has 0 saturated heterocycles. The first kappa shape index (κ1) is 20.4. The van der Waals surface area contributed by atoms with Gasteiger partial charge in [0, 0.05) is 11.9 Å². The van der Waals surface area contributed by atoms with Crippen LogP contribution < -0.4 is 4.90 Å². The van der Waals surface area contributed by atoms with Crippen molar-refractivity contribution in [2.24, 2.45) is 0 Å². The molecule has 0 N–H and O–H groups in total. The number of thioether (sulfide) groups is 1. The Morgan fingerprint density at radius 1 is 1.11 bits per heavy atom. The summed E-state index contributed by atoms with van der Waals surface area (Å²) < 4.78 is 70.6. The monoisotopic (exact) mass is 438 g/mol. The van der Waals surface area contributed by atoms with E-state index in [1.807, 2.05) is 0 Å². The molecule has 12 heteroatoms. The number of halogens is 5. The highest BCUT2D eigenvalue weighted by Crippen LogP contribution is 3.02. The molecule has 1 aromatic carbocycles. The lowest BCUT2D eigenvalue weighted by Gasteiger charge is -2.41. The van der Waals surface area contributed by atoms with E-state index in [9.17, 15) is 19.4 Å². The Bertz CT molecular complexity index is 997. The molecule has 0 saturated carbocycles. The first-order chi connectivity index (χ1) is 12.9. The maximum Gasteiger partial charge on any atom is 0.310 e. The van der Waals surface area contributed by atoms with Gasteiger partial charge < -0.3 is 9.32 Å². The summed E-state index contributed by atoms with van der Waals surface area (Å²) in [6.07, 6.45) is 5.87. The Labute approximate surface area is 161 Å². The van der Waals surface area contributed by atoms with Gasteiger partial charge in [0.2, 0.25) is 0 Å². The average Bonchev–Trinajstić information content (AvgIpc) is 3.11. The van der Waals surface area contributed by atoms with Crippen molar-refractivity contribution in [3.05, 3.63) is 54.4 Å². The predicted molar refractivity (Wildman–Crippen MR) is 98.7 cm³/mol. The van der Waals surface area contributed by atoms with Crippen LogP contribution >= 0.6 is 22.0 Å². The molecule has 3 aromatic rings. The molecular formula is C16H15F5N4OS2. The molecule has 28 heavy (non-hydrogen) atoms. The van der Waals surface area contributed by atoms with Crippen molar-refractivity contribution >= 4 is 33.5 Å². The Hall–Kier alpha value is -2.34. The van der Waals surface area contributed by atoms with Gasteiger partial charge in [-0.05, 0) is 43.0 Å². The Morgan fingerprint density at radius 2 is 1.86 bits per heavy atom. The zero-order valence-electron chi connectivity index (χ0n) is 14.7.